The lowest BCUT2D eigenvalue weighted by Crippen LogP contribution is -2.13. The van der Waals surface area contributed by atoms with Crippen molar-refractivity contribution in [1.82, 2.24) is 19.4 Å². The molecule has 1 unspecified atom stereocenters. The molecule has 1 aliphatic carbocycles. The van der Waals surface area contributed by atoms with Crippen molar-refractivity contribution in [2.75, 3.05) is 0 Å². The Labute approximate surface area is 184 Å². The number of aryl methyl sites for hydroxylation is 1. The lowest BCUT2D eigenvalue weighted by Gasteiger charge is -2.18. The van der Waals surface area contributed by atoms with Crippen LogP contribution in [0.15, 0.2) is 46.5 Å². The summed E-state index contributed by atoms with van der Waals surface area (Å²) in [6.45, 7) is 2.32. The van der Waals surface area contributed by atoms with Gasteiger partial charge in [-0.2, -0.15) is 0 Å². The fourth-order valence-corrected chi connectivity index (χ4v) is 7.58. The van der Waals surface area contributed by atoms with Crippen LogP contribution in [0.2, 0.25) is 0 Å². The molecule has 5 nitrogen and oxygen atoms in total. The third-order valence-corrected chi connectivity index (χ3v) is 8.87. The number of hydrogen-bond acceptors (Lipinski definition) is 7. The zero-order valence-electron chi connectivity index (χ0n) is 16.3. The summed E-state index contributed by atoms with van der Waals surface area (Å²) in [5.74, 6) is 1.35. The number of rotatable bonds is 3. The van der Waals surface area contributed by atoms with Crippen molar-refractivity contribution in [3.63, 3.8) is 0 Å². The molecule has 8 heteroatoms. The monoisotopic (exact) mass is 450 g/mol. The molecule has 0 bridgehead atoms. The van der Waals surface area contributed by atoms with E-state index in [1.165, 1.54) is 22.2 Å². The second-order valence-corrected chi connectivity index (χ2v) is 10.8. The smallest absolute Gasteiger partial charge is 0.259 e. The Morgan fingerprint density at radius 2 is 2.13 bits per heavy atom. The first-order chi connectivity index (χ1) is 14.7. The van der Waals surface area contributed by atoms with Gasteiger partial charge in [-0.25, -0.2) is 15.0 Å². The van der Waals surface area contributed by atoms with Crippen molar-refractivity contribution in [3.05, 3.63) is 63.1 Å². The van der Waals surface area contributed by atoms with E-state index in [1.807, 2.05) is 35.6 Å². The van der Waals surface area contributed by atoms with E-state index in [9.17, 15) is 4.79 Å². The van der Waals surface area contributed by atoms with Crippen molar-refractivity contribution in [3.8, 4) is 0 Å². The Hall–Kier alpha value is -2.29. The summed E-state index contributed by atoms with van der Waals surface area (Å²) in [5.41, 5.74) is 3.12. The number of aromatic nitrogens is 4. The van der Waals surface area contributed by atoms with Crippen LogP contribution in [0.5, 0.6) is 0 Å². The highest BCUT2D eigenvalue weighted by Gasteiger charge is 2.23. The molecule has 30 heavy (non-hydrogen) atoms. The van der Waals surface area contributed by atoms with Crippen LogP contribution in [0.4, 0.5) is 0 Å². The van der Waals surface area contributed by atoms with Gasteiger partial charge in [0.1, 0.15) is 16.2 Å². The molecular formula is C22H18N4OS3. The summed E-state index contributed by atoms with van der Waals surface area (Å²) in [4.78, 5) is 30.0. The molecule has 5 aromatic rings. The second-order valence-electron chi connectivity index (χ2n) is 7.77. The average molecular weight is 451 g/mol. The largest absolute Gasteiger partial charge is 0.269 e. The highest BCUT2D eigenvalue weighted by atomic mass is 32.2. The maximum absolute atomic E-state index is 12.8. The summed E-state index contributed by atoms with van der Waals surface area (Å²) >= 11 is 5.02. The molecule has 1 aromatic carbocycles. The quantitative estimate of drug-likeness (QED) is 0.275. The number of thioether (sulfide) groups is 1. The SMILES string of the molecule is CC1CCc2c(sc3ncnc(SCc4cc(=O)n5c(n4)sc4ccccc45)c23)C1. The third-order valence-electron chi connectivity index (χ3n) is 5.66. The molecule has 0 fully saturated rings. The summed E-state index contributed by atoms with van der Waals surface area (Å²) in [6, 6.07) is 9.59. The van der Waals surface area contributed by atoms with Crippen LogP contribution in [0.25, 0.3) is 25.4 Å². The van der Waals surface area contributed by atoms with Crippen LogP contribution in [0.1, 0.15) is 29.5 Å². The van der Waals surface area contributed by atoms with E-state index in [4.69, 9.17) is 4.98 Å². The van der Waals surface area contributed by atoms with Gasteiger partial charge in [0.25, 0.3) is 5.56 Å². The van der Waals surface area contributed by atoms with Gasteiger partial charge in [-0.1, -0.05) is 42.2 Å². The lowest BCUT2D eigenvalue weighted by molar-refractivity contribution is 0.509. The molecular weight excluding hydrogens is 432 g/mol. The predicted molar refractivity (Wildman–Crippen MR) is 125 cm³/mol. The first-order valence-electron chi connectivity index (χ1n) is 9.95. The van der Waals surface area contributed by atoms with Crippen LogP contribution >= 0.6 is 34.4 Å². The Morgan fingerprint density at radius 3 is 3.07 bits per heavy atom. The normalized spacial score (nSPS) is 16.5. The molecule has 0 saturated heterocycles. The zero-order chi connectivity index (χ0) is 20.2. The van der Waals surface area contributed by atoms with E-state index < -0.39 is 0 Å². The number of thiophene rings is 1. The van der Waals surface area contributed by atoms with Crippen molar-refractivity contribution < 1.29 is 0 Å². The van der Waals surface area contributed by atoms with E-state index in [2.05, 4.69) is 16.9 Å². The van der Waals surface area contributed by atoms with Gasteiger partial charge in [0.15, 0.2) is 4.96 Å². The van der Waals surface area contributed by atoms with Crippen molar-refractivity contribution in [2.24, 2.45) is 5.92 Å². The molecule has 150 valence electrons. The molecule has 4 heterocycles. The number of hydrogen-bond donors (Lipinski definition) is 0. The molecule has 0 aliphatic heterocycles. The predicted octanol–water partition coefficient (Wildman–Crippen LogP) is 5.33. The van der Waals surface area contributed by atoms with Gasteiger partial charge in [0.2, 0.25) is 0 Å². The molecule has 0 radical (unpaired) electrons. The van der Waals surface area contributed by atoms with Gasteiger partial charge in [0, 0.05) is 22.1 Å². The minimum atomic E-state index is -0.0252. The summed E-state index contributed by atoms with van der Waals surface area (Å²) in [7, 11) is 0. The maximum Gasteiger partial charge on any atom is 0.259 e. The van der Waals surface area contributed by atoms with Crippen LogP contribution in [-0.2, 0) is 18.6 Å². The Morgan fingerprint density at radius 1 is 1.23 bits per heavy atom. The molecule has 6 rings (SSSR count). The number of nitrogens with zero attached hydrogens (tertiary/aromatic N) is 4. The molecule has 1 atom stereocenters. The minimum Gasteiger partial charge on any atom is -0.269 e. The van der Waals surface area contributed by atoms with Crippen LogP contribution in [0, 0.1) is 5.92 Å². The van der Waals surface area contributed by atoms with Gasteiger partial charge >= 0.3 is 0 Å². The number of benzene rings is 1. The van der Waals surface area contributed by atoms with Gasteiger partial charge in [0.05, 0.1) is 15.9 Å². The summed E-state index contributed by atoms with van der Waals surface area (Å²) in [6.07, 6.45) is 5.12. The van der Waals surface area contributed by atoms with Crippen molar-refractivity contribution in [1.29, 1.82) is 0 Å². The first kappa shape index (κ1) is 18.5. The van der Waals surface area contributed by atoms with E-state index in [1.54, 1.807) is 39.9 Å². The van der Waals surface area contributed by atoms with Gasteiger partial charge in [-0.05, 0) is 42.9 Å². The summed E-state index contributed by atoms with van der Waals surface area (Å²) in [5, 5.41) is 2.22. The Balaban J connectivity index is 1.37. The second kappa shape index (κ2) is 7.14. The van der Waals surface area contributed by atoms with E-state index in [0.29, 0.717) is 5.75 Å². The van der Waals surface area contributed by atoms with E-state index in [-0.39, 0.29) is 5.56 Å². The fraction of sp³-hybridized carbons (Fsp3) is 0.273. The van der Waals surface area contributed by atoms with Gasteiger partial charge < -0.3 is 0 Å². The first-order valence-corrected chi connectivity index (χ1v) is 12.6. The van der Waals surface area contributed by atoms with Crippen molar-refractivity contribution in [2.45, 2.75) is 37.0 Å². The molecule has 1 aliphatic rings. The van der Waals surface area contributed by atoms with Crippen LogP contribution < -0.4 is 5.56 Å². The van der Waals surface area contributed by atoms with Crippen molar-refractivity contribution >= 4 is 59.8 Å². The van der Waals surface area contributed by atoms with E-state index in [0.717, 1.165) is 49.5 Å². The van der Waals surface area contributed by atoms with Crippen LogP contribution in [0.3, 0.4) is 0 Å². The maximum atomic E-state index is 12.8. The number of fused-ring (bicyclic) bond motifs is 6. The zero-order valence-corrected chi connectivity index (χ0v) is 18.7. The standard InChI is InChI=1S/C22H18N4OS3/c1-12-6-7-14-17(8-12)29-21-19(14)20(23-11-24-21)28-10-13-9-18(27)26-15-4-2-3-5-16(15)30-22(26)25-13/h2-5,9,11-12H,6-8,10H2,1H3. The average Bonchev–Trinajstić information content (AvgIpc) is 3.30. The Bertz CT molecular complexity index is 1480. The Kier molecular flexibility index (Phi) is 4.40. The highest BCUT2D eigenvalue weighted by Crippen LogP contribution is 2.41. The van der Waals surface area contributed by atoms with E-state index >= 15 is 0 Å². The minimum absolute atomic E-state index is 0.0252. The van der Waals surface area contributed by atoms with Crippen LogP contribution in [-0.4, -0.2) is 19.4 Å². The molecule has 0 saturated carbocycles. The highest BCUT2D eigenvalue weighted by molar-refractivity contribution is 7.98. The lowest BCUT2D eigenvalue weighted by atomic mass is 9.89. The molecule has 0 amide bonds. The molecule has 0 spiro atoms. The van der Waals surface area contributed by atoms with Gasteiger partial charge in [-0.3, -0.25) is 9.20 Å². The number of thiazole rings is 1. The molecule has 4 aromatic heterocycles. The number of para-hydroxylation sites is 1. The summed E-state index contributed by atoms with van der Waals surface area (Å²) < 4.78 is 2.77. The molecule has 0 N–H and O–H groups in total. The van der Waals surface area contributed by atoms with Gasteiger partial charge in [-0.15, -0.1) is 11.3 Å². The third kappa shape index (κ3) is 2.97. The topological polar surface area (TPSA) is 60.2 Å². The fourth-order valence-electron chi connectivity index (χ4n) is 4.20.